The number of hydrogen-bond acceptors (Lipinski definition) is 6. The number of nitriles is 2. The second kappa shape index (κ2) is 9.77. The van der Waals surface area contributed by atoms with Gasteiger partial charge in [0.05, 0.1) is 7.11 Å². The SMILES string of the molecule is COc1ccc(CNC(=O)/C(C#N)=C\Nc2ccc(SC#N)cc2)cc1. The first-order chi connectivity index (χ1) is 12.7. The number of thiocyanates is 1. The van der Waals surface area contributed by atoms with Crippen LogP contribution in [-0.4, -0.2) is 13.0 Å². The number of thioether (sulfide) groups is 1. The van der Waals surface area contributed by atoms with Crippen molar-refractivity contribution in [3.8, 4) is 17.2 Å². The fourth-order valence-electron chi connectivity index (χ4n) is 2.00. The van der Waals surface area contributed by atoms with E-state index in [9.17, 15) is 10.1 Å². The van der Waals surface area contributed by atoms with Crippen LogP contribution < -0.4 is 15.4 Å². The summed E-state index contributed by atoms with van der Waals surface area (Å²) >= 11 is 1.06. The molecular weight excluding hydrogens is 348 g/mol. The summed E-state index contributed by atoms with van der Waals surface area (Å²) in [5.74, 6) is 0.272. The van der Waals surface area contributed by atoms with Crippen molar-refractivity contribution in [1.29, 1.82) is 10.5 Å². The van der Waals surface area contributed by atoms with Gasteiger partial charge in [0, 0.05) is 23.3 Å². The lowest BCUT2D eigenvalue weighted by Crippen LogP contribution is -2.24. The van der Waals surface area contributed by atoms with Crippen LogP contribution >= 0.6 is 11.8 Å². The van der Waals surface area contributed by atoms with Crippen LogP contribution in [0, 0.1) is 22.0 Å². The molecule has 130 valence electrons. The van der Waals surface area contributed by atoms with E-state index in [0.29, 0.717) is 12.2 Å². The van der Waals surface area contributed by atoms with Gasteiger partial charge in [-0.25, -0.2) is 0 Å². The van der Waals surface area contributed by atoms with Crippen molar-refractivity contribution >= 4 is 23.4 Å². The number of methoxy groups -OCH3 is 1. The summed E-state index contributed by atoms with van der Waals surface area (Å²) in [5.41, 5.74) is 1.58. The molecule has 1 amide bonds. The number of carbonyl (C=O) groups is 1. The second-order valence-electron chi connectivity index (χ2n) is 5.06. The quantitative estimate of drug-likeness (QED) is 0.338. The average molecular weight is 364 g/mol. The Labute approximate surface area is 156 Å². The molecule has 0 aliphatic heterocycles. The predicted octanol–water partition coefficient (Wildman–Crippen LogP) is 3.40. The third kappa shape index (κ3) is 5.59. The van der Waals surface area contributed by atoms with Crippen LogP contribution in [0.1, 0.15) is 5.56 Å². The standard InChI is InChI=1S/C19H16N4O2S/c1-25-17-6-2-14(3-7-17)11-23-19(24)15(10-20)12-22-16-4-8-18(9-5-16)26-13-21/h2-9,12,22H,11H2,1H3,(H,23,24)/b15-12-. The highest BCUT2D eigenvalue weighted by Gasteiger charge is 2.08. The highest BCUT2D eigenvalue weighted by molar-refractivity contribution is 8.03. The lowest BCUT2D eigenvalue weighted by molar-refractivity contribution is -0.117. The molecule has 0 unspecified atom stereocenters. The molecule has 0 aliphatic carbocycles. The van der Waals surface area contributed by atoms with Gasteiger partial charge in [0.1, 0.15) is 22.8 Å². The minimum absolute atomic E-state index is 0.0333. The van der Waals surface area contributed by atoms with Crippen molar-refractivity contribution < 1.29 is 9.53 Å². The van der Waals surface area contributed by atoms with Crippen molar-refractivity contribution in [1.82, 2.24) is 5.32 Å². The van der Waals surface area contributed by atoms with Crippen molar-refractivity contribution in [2.24, 2.45) is 0 Å². The average Bonchev–Trinajstić information content (AvgIpc) is 2.68. The summed E-state index contributed by atoms with van der Waals surface area (Å²) in [4.78, 5) is 12.9. The van der Waals surface area contributed by atoms with Gasteiger partial charge in [-0.15, -0.1) is 0 Å². The third-order valence-electron chi connectivity index (χ3n) is 3.38. The van der Waals surface area contributed by atoms with E-state index >= 15 is 0 Å². The number of anilines is 1. The van der Waals surface area contributed by atoms with Gasteiger partial charge in [0.15, 0.2) is 0 Å². The smallest absolute Gasteiger partial charge is 0.263 e. The van der Waals surface area contributed by atoms with Gasteiger partial charge in [0.2, 0.25) is 0 Å². The molecule has 2 aromatic carbocycles. The fraction of sp³-hybridized carbons (Fsp3) is 0.105. The van der Waals surface area contributed by atoms with Crippen LogP contribution in [0.25, 0.3) is 0 Å². The zero-order valence-electron chi connectivity index (χ0n) is 14.0. The highest BCUT2D eigenvalue weighted by atomic mass is 32.2. The first-order valence-electron chi connectivity index (χ1n) is 7.60. The number of rotatable bonds is 7. The van der Waals surface area contributed by atoms with E-state index in [1.807, 2.05) is 23.6 Å². The maximum absolute atomic E-state index is 12.1. The van der Waals surface area contributed by atoms with Gasteiger partial charge in [0.25, 0.3) is 5.91 Å². The number of carbonyl (C=O) groups excluding carboxylic acids is 1. The molecular formula is C19H16N4O2S. The number of ether oxygens (including phenoxy) is 1. The first-order valence-corrected chi connectivity index (χ1v) is 8.42. The maximum Gasteiger partial charge on any atom is 0.263 e. The van der Waals surface area contributed by atoms with Crippen LogP contribution in [0.3, 0.4) is 0 Å². The van der Waals surface area contributed by atoms with Crippen LogP contribution in [0.4, 0.5) is 5.69 Å². The Balaban J connectivity index is 1.93. The Morgan fingerprint density at radius 1 is 1.15 bits per heavy atom. The molecule has 0 radical (unpaired) electrons. The number of nitrogens with zero attached hydrogens (tertiary/aromatic N) is 2. The van der Waals surface area contributed by atoms with E-state index in [4.69, 9.17) is 10.00 Å². The molecule has 6 nitrogen and oxygen atoms in total. The summed E-state index contributed by atoms with van der Waals surface area (Å²) in [6.07, 6.45) is 1.36. The molecule has 0 fully saturated rings. The highest BCUT2D eigenvalue weighted by Crippen LogP contribution is 2.19. The number of nitrogens with one attached hydrogen (secondary N) is 2. The lowest BCUT2D eigenvalue weighted by Gasteiger charge is -2.06. The van der Waals surface area contributed by atoms with Crippen molar-refractivity contribution in [2.75, 3.05) is 12.4 Å². The van der Waals surface area contributed by atoms with E-state index in [1.54, 1.807) is 43.5 Å². The summed E-state index contributed by atoms with van der Waals surface area (Å²) < 4.78 is 5.08. The van der Waals surface area contributed by atoms with Gasteiger partial charge in [-0.2, -0.15) is 10.5 Å². The molecule has 0 saturated carbocycles. The van der Waals surface area contributed by atoms with E-state index in [0.717, 1.165) is 28.0 Å². The number of amides is 1. The van der Waals surface area contributed by atoms with E-state index in [-0.39, 0.29) is 5.57 Å². The first kappa shape index (κ1) is 18.9. The van der Waals surface area contributed by atoms with Crippen LogP contribution in [0.5, 0.6) is 5.75 Å². The summed E-state index contributed by atoms with van der Waals surface area (Å²) in [5, 5.41) is 25.4. The summed E-state index contributed by atoms with van der Waals surface area (Å²) in [6, 6.07) is 16.3. The van der Waals surface area contributed by atoms with E-state index in [2.05, 4.69) is 10.6 Å². The topological polar surface area (TPSA) is 97.9 Å². The Morgan fingerprint density at radius 2 is 1.85 bits per heavy atom. The minimum atomic E-state index is -0.465. The maximum atomic E-state index is 12.1. The zero-order valence-corrected chi connectivity index (χ0v) is 14.8. The Bertz CT molecular complexity index is 862. The van der Waals surface area contributed by atoms with Gasteiger partial charge in [-0.05, 0) is 53.7 Å². The number of benzene rings is 2. The second-order valence-corrected chi connectivity index (χ2v) is 5.92. The minimum Gasteiger partial charge on any atom is -0.497 e. The molecule has 0 bridgehead atoms. The summed E-state index contributed by atoms with van der Waals surface area (Å²) in [7, 11) is 1.59. The van der Waals surface area contributed by atoms with Crippen LogP contribution in [-0.2, 0) is 11.3 Å². The molecule has 0 spiro atoms. The molecule has 0 saturated heterocycles. The molecule has 2 aromatic rings. The summed E-state index contributed by atoms with van der Waals surface area (Å²) in [6.45, 7) is 0.307. The van der Waals surface area contributed by atoms with Crippen molar-refractivity contribution in [2.45, 2.75) is 11.4 Å². The third-order valence-corrected chi connectivity index (χ3v) is 3.98. The molecule has 0 atom stereocenters. The molecule has 2 N–H and O–H groups in total. The van der Waals surface area contributed by atoms with Crippen LogP contribution in [0.2, 0.25) is 0 Å². The predicted molar refractivity (Wildman–Crippen MR) is 100 cm³/mol. The van der Waals surface area contributed by atoms with E-state index in [1.165, 1.54) is 6.20 Å². The zero-order chi connectivity index (χ0) is 18.8. The largest absolute Gasteiger partial charge is 0.497 e. The van der Waals surface area contributed by atoms with Gasteiger partial charge in [-0.3, -0.25) is 4.79 Å². The Kier molecular flexibility index (Phi) is 7.11. The molecule has 26 heavy (non-hydrogen) atoms. The Morgan fingerprint density at radius 3 is 2.42 bits per heavy atom. The molecule has 7 heteroatoms. The van der Waals surface area contributed by atoms with Crippen LogP contribution in [0.15, 0.2) is 65.2 Å². The van der Waals surface area contributed by atoms with Crippen molar-refractivity contribution in [3.05, 3.63) is 65.9 Å². The fourth-order valence-corrected chi connectivity index (χ4v) is 2.37. The van der Waals surface area contributed by atoms with E-state index < -0.39 is 5.91 Å². The molecule has 0 heterocycles. The molecule has 0 aromatic heterocycles. The van der Waals surface area contributed by atoms with Crippen molar-refractivity contribution in [3.63, 3.8) is 0 Å². The number of hydrogen-bond donors (Lipinski definition) is 2. The van der Waals surface area contributed by atoms with Gasteiger partial charge in [-0.1, -0.05) is 12.1 Å². The normalized spacial score (nSPS) is 10.3. The molecule has 2 rings (SSSR count). The lowest BCUT2D eigenvalue weighted by atomic mass is 10.2. The molecule has 0 aliphatic rings. The Hall–Kier alpha value is -3.42. The van der Waals surface area contributed by atoms with Gasteiger partial charge >= 0.3 is 0 Å². The van der Waals surface area contributed by atoms with Gasteiger partial charge < -0.3 is 15.4 Å². The monoisotopic (exact) mass is 364 g/mol.